The zero-order valence-corrected chi connectivity index (χ0v) is 16.0. The first kappa shape index (κ1) is 21.7. The number of aromatic amines is 1. The van der Waals surface area contributed by atoms with Crippen LogP contribution < -0.4 is 10.9 Å². The van der Waals surface area contributed by atoms with Crippen molar-refractivity contribution in [2.75, 3.05) is 0 Å². The molecule has 0 aliphatic heterocycles. The van der Waals surface area contributed by atoms with E-state index >= 15 is 0 Å². The number of alkyl halides is 3. The zero-order chi connectivity index (χ0) is 22.8. The maximum Gasteiger partial charge on any atom is 0.433 e. The Hall–Kier alpha value is -3.96. The standard InChI is InChI=1S/C19H16F3N5O4/c1-10-4-2-3-5-11(10)12(9-16(29)30)24-17(31)13-8-15(28)27(26-13)18-23-7-6-14(25-18)19(20,21)22/h2-8,12,26H,9H2,1H3,(H,24,31)(H,29,30)/t12-/m0/s1. The Kier molecular flexibility index (Phi) is 5.90. The van der Waals surface area contributed by atoms with Gasteiger partial charge in [0.05, 0.1) is 12.5 Å². The number of nitrogens with zero attached hydrogens (tertiary/aromatic N) is 3. The molecule has 1 amide bonds. The van der Waals surface area contributed by atoms with Crippen molar-refractivity contribution in [3.63, 3.8) is 0 Å². The number of hydrogen-bond donors (Lipinski definition) is 3. The first-order chi connectivity index (χ1) is 14.6. The molecule has 2 heterocycles. The Morgan fingerprint density at radius 3 is 2.61 bits per heavy atom. The van der Waals surface area contributed by atoms with E-state index in [1.54, 1.807) is 31.2 Å². The van der Waals surface area contributed by atoms with Gasteiger partial charge in [0.15, 0.2) is 0 Å². The number of rotatable bonds is 6. The maximum absolute atomic E-state index is 12.9. The minimum Gasteiger partial charge on any atom is -0.481 e. The van der Waals surface area contributed by atoms with Gasteiger partial charge in [0.2, 0.25) is 0 Å². The number of aromatic nitrogens is 4. The second-order valence-corrected chi connectivity index (χ2v) is 6.56. The molecular formula is C19H16F3N5O4. The Morgan fingerprint density at radius 1 is 1.26 bits per heavy atom. The summed E-state index contributed by atoms with van der Waals surface area (Å²) in [6, 6.07) is 7.45. The molecule has 1 atom stereocenters. The normalized spacial score (nSPS) is 12.4. The van der Waals surface area contributed by atoms with Gasteiger partial charge >= 0.3 is 12.1 Å². The van der Waals surface area contributed by atoms with E-state index in [2.05, 4.69) is 20.4 Å². The predicted molar refractivity (Wildman–Crippen MR) is 101 cm³/mol. The van der Waals surface area contributed by atoms with E-state index in [1.807, 2.05) is 0 Å². The molecule has 0 saturated carbocycles. The van der Waals surface area contributed by atoms with Crippen LogP contribution in [-0.2, 0) is 11.0 Å². The van der Waals surface area contributed by atoms with E-state index in [0.717, 1.165) is 17.8 Å². The molecule has 2 aromatic heterocycles. The van der Waals surface area contributed by atoms with Crippen LogP contribution in [0, 0.1) is 6.92 Å². The van der Waals surface area contributed by atoms with Crippen LogP contribution in [0.5, 0.6) is 0 Å². The topological polar surface area (TPSA) is 130 Å². The first-order valence-corrected chi connectivity index (χ1v) is 8.87. The van der Waals surface area contributed by atoms with Crippen LogP contribution in [0.15, 0.2) is 47.4 Å². The number of aryl methyl sites for hydroxylation is 1. The second kappa shape index (κ2) is 8.42. The third-order valence-electron chi connectivity index (χ3n) is 4.35. The fourth-order valence-electron chi connectivity index (χ4n) is 2.90. The van der Waals surface area contributed by atoms with E-state index < -0.39 is 47.7 Å². The molecule has 0 aliphatic rings. The molecule has 0 aliphatic carbocycles. The lowest BCUT2D eigenvalue weighted by molar-refractivity contribution is -0.141. The van der Waals surface area contributed by atoms with Crippen LogP contribution in [0.3, 0.4) is 0 Å². The summed E-state index contributed by atoms with van der Waals surface area (Å²) < 4.78 is 39.2. The van der Waals surface area contributed by atoms with Gasteiger partial charge in [-0.1, -0.05) is 24.3 Å². The van der Waals surface area contributed by atoms with Gasteiger partial charge in [0, 0.05) is 12.3 Å². The van der Waals surface area contributed by atoms with Crippen LogP contribution in [0.1, 0.15) is 39.8 Å². The summed E-state index contributed by atoms with van der Waals surface area (Å²) in [6.45, 7) is 1.75. The number of carboxylic acids is 1. The lowest BCUT2D eigenvalue weighted by Gasteiger charge is -2.19. The molecule has 3 aromatic rings. The largest absolute Gasteiger partial charge is 0.481 e. The number of carboxylic acid groups (broad SMARTS) is 1. The van der Waals surface area contributed by atoms with Crippen molar-refractivity contribution in [1.82, 2.24) is 25.1 Å². The number of hydrogen-bond acceptors (Lipinski definition) is 5. The molecule has 0 spiro atoms. The number of carbonyl (C=O) groups excluding carboxylic acids is 1. The predicted octanol–water partition coefficient (Wildman–Crippen LogP) is 2.23. The number of amides is 1. The smallest absolute Gasteiger partial charge is 0.433 e. The van der Waals surface area contributed by atoms with Gasteiger partial charge in [-0.05, 0) is 24.1 Å². The van der Waals surface area contributed by atoms with E-state index in [9.17, 15) is 32.7 Å². The lowest BCUT2D eigenvalue weighted by atomic mass is 9.98. The number of H-pyrrole nitrogens is 1. The van der Waals surface area contributed by atoms with Crippen molar-refractivity contribution in [3.05, 3.63) is 75.5 Å². The van der Waals surface area contributed by atoms with Gasteiger partial charge in [0.1, 0.15) is 11.4 Å². The van der Waals surface area contributed by atoms with Crippen LogP contribution >= 0.6 is 0 Å². The Labute approximate surface area is 172 Å². The molecule has 0 fully saturated rings. The zero-order valence-electron chi connectivity index (χ0n) is 16.0. The van der Waals surface area contributed by atoms with Gasteiger partial charge in [-0.3, -0.25) is 19.5 Å². The average Bonchev–Trinajstić information content (AvgIpc) is 3.09. The molecular weight excluding hydrogens is 419 g/mol. The molecule has 0 saturated heterocycles. The summed E-state index contributed by atoms with van der Waals surface area (Å²) in [5.74, 6) is -2.57. The van der Waals surface area contributed by atoms with Crippen molar-refractivity contribution in [1.29, 1.82) is 0 Å². The highest BCUT2D eigenvalue weighted by Crippen LogP contribution is 2.27. The third kappa shape index (κ3) is 4.97. The van der Waals surface area contributed by atoms with E-state index in [0.29, 0.717) is 16.3 Å². The van der Waals surface area contributed by atoms with E-state index in [1.165, 1.54) is 0 Å². The lowest BCUT2D eigenvalue weighted by Crippen LogP contribution is -2.31. The number of aliphatic carboxylic acids is 1. The number of benzene rings is 1. The van der Waals surface area contributed by atoms with Crippen LogP contribution in [-0.4, -0.2) is 36.7 Å². The number of nitrogens with one attached hydrogen (secondary N) is 2. The molecule has 1 aromatic carbocycles. The molecule has 0 unspecified atom stereocenters. The molecule has 0 radical (unpaired) electrons. The Balaban J connectivity index is 1.90. The second-order valence-electron chi connectivity index (χ2n) is 6.56. The van der Waals surface area contributed by atoms with Crippen LogP contribution in [0.25, 0.3) is 5.95 Å². The van der Waals surface area contributed by atoms with Crippen molar-refractivity contribution in [3.8, 4) is 5.95 Å². The van der Waals surface area contributed by atoms with Gasteiger partial charge < -0.3 is 10.4 Å². The SMILES string of the molecule is Cc1ccccc1[C@H](CC(=O)O)NC(=O)c1cc(=O)n(-c2nccc(C(F)(F)F)n2)[nH]1. The highest BCUT2D eigenvalue weighted by molar-refractivity contribution is 5.92. The van der Waals surface area contributed by atoms with Gasteiger partial charge in [-0.25, -0.2) is 9.97 Å². The molecule has 0 bridgehead atoms. The maximum atomic E-state index is 12.9. The summed E-state index contributed by atoms with van der Waals surface area (Å²) in [7, 11) is 0. The van der Waals surface area contributed by atoms with Crippen LogP contribution in [0.4, 0.5) is 13.2 Å². The van der Waals surface area contributed by atoms with Crippen molar-refractivity contribution < 1.29 is 27.9 Å². The summed E-state index contributed by atoms with van der Waals surface area (Å²) in [6.07, 6.45) is -4.33. The minimum atomic E-state index is -4.74. The fourth-order valence-corrected chi connectivity index (χ4v) is 2.90. The van der Waals surface area contributed by atoms with Crippen molar-refractivity contribution in [2.24, 2.45) is 0 Å². The Morgan fingerprint density at radius 2 is 1.97 bits per heavy atom. The van der Waals surface area contributed by atoms with Crippen LogP contribution in [0.2, 0.25) is 0 Å². The number of halogens is 3. The first-order valence-electron chi connectivity index (χ1n) is 8.87. The molecule has 3 rings (SSSR count). The molecule has 9 nitrogen and oxygen atoms in total. The van der Waals surface area contributed by atoms with E-state index in [-0.39, 0.29) is 5.69 Å². The average molecular weight is 435 g/mol. The fraction of sp³-hybridized carbons (Fsp3) is 0.211. The molecule has 162 valence electrons. The minimum absolute atomic E-state index is 0.296. The quantitative estimate of drug-likeness (QED) is 0.544. The molecule has 3 N–H and O–H groups in total. The van der Waals surface area contributed by atoms with Gasteiger partial charge in [-0.15, -0.1) is 0 Å². The Bertz CT molecular complexity index is 1190. The summed E-state index contributed by atoms with van der Waals surface area (Å²) in [5.41, 5.74) is -1.10. The molecule has 12 heteroatoms. The molecule has 31 heavy (non-hydrogen) atoms. The summed E-state index contributed by atoms with van der Waals surface area (Å²) in [5, 5.41) is 14.1. The van der Waals surface area contributed by atoms with Crippen molar-refractivity contribution in [2.45, 2.75) is 25.6 Å². The highest BCUT2D eigenvalue weighted by atomic mass is 19.4. The summed E-state index contributed by atoms with van der Waals surface area (Å²) >= 11 is 0. The highest BCUT2D eigenvalue weighted by Gasteiger charge is 2.33. The summed E-state index contributed by atoms with van der Waals surface area (Å²) in [4.78, 5) is 43.0. The third-order valence-corrected chi connectivity index (χ3v) is 4.35. The number of carbonyl (C=O) groups is 2. The van der Waals surface area contributed by atoms with E-state index in [4.69, 9.17) is 0 Å². The van der Waals surface area contributed by atoms with Crippen molar-refractivity contribution >= 4 is 11.9 Å². The van der Waals surface area contributed by atoms with Gasteiger partial charge in [-0.2, -0.15) is 17.9 Å². The van der Waals surface area contributed by atoms with Gasteiger partial charge in [0.25, 0.3) is 17.4 Å². The monoisotopic (exact) mass is 435 g/mol.